The van der Waals surface area contributed by atoms with Crippen molar-refractivity contribution in [2.75, 3.05) is 5.32 Å². The zero-order chi connectivity index (χ0) is 7.84. The van der Waals surface area contributed by atoms with Gasteiger partial charge in [-0.15, -0.1) is 0 Å². The highest BCUT2D eigenvalue weighted by atomic mass is 16.2. The Morgan fingerprint density at radius 2 is 2.18 bits per heavy atom. The minimum Gasteiger partial charge on any atom is -0.318 e. The van der Waals surface area contributed by atoms with Gasteiger partial charge >= 0.3 is 0 Å². The molecule has 1 aromatic heterocycles. The summed E-state index contributed by atoms with van der Waals surface area (Å²) in [7, 11) is 0. The van der Waals surface area contributed by atoms with Crippen LogP contribution in [0.15, 0.2) is 18.5 Å². The van der Waals surface area contributed by atoms with Crippen LogP contribution >= 0.6 is 0 Å². The molecule has 11 heavy (non-hydrogen) atoms. The minimum atomic E-state index is -0.576. The first-order valence-electron chi connectivity index (χ1n) is 3.09. The molecular weight excluding hydrogens is 144 g/mol. The second kappa shape index (κ2) is 1.88. The summed E-state index contributed by atoms with van der Waals surface area (Å²) in [6, 6.07) is 1.60. The van der Waals surface area contributed by atoms with Gasteiger partial charge in [0.15, 0.2) is 0 Å². The fourth-order valence-electron chi connectivity index (χ4n) is 0.986. The van der Waals surface area contributed by atoms with Crippen molar-refractivity contribution in [1.82, 2.24) is 4.98 Å². The van der Waals surface area contributed by atoms with Gasteiger partial charge in [0.05, 0.1) is 11.3 Å². The van der Waals surface area contributed by atoms with Crippen LogP contribution in [0, 0.1) is 0 Å². The first-order chi connectivity index (χ1) is 5.29. The molecule has 0 atom stereocenters. The van der Waals surface area contributed by atoms with E-state index in [2.05, 4.69) is 10.3 Å². The van der Waals surface area contributed by atoms with E-state index in [1.54, 1.807) is 6.07 Å². The Kier molecular flexibility index (Phi) is 1.03. The summed E-state index contributed by atoms with van der Waals surface area (Å²) in [5, 5.41) is 2.42. The number of nitrogens with zero attached hydrogens (tertiary/aromatic N) is 1. The largest absolute Gasteiger partial charge is 0.318 e. The Labute approximate surface area is 62.2 Å². The van der Waals surface area contributed by atoms with Crippen molar-refractivity contribution >= 4 is 17.4 Å². The molecule has 54 valence electrons. The van der Waals surface area contributed by atoms with Crippen LogP contribution in [0.4, 0.5) is 5.69 Å². The van der Waals surface area contributed by atoms with Crippen LogP contribution in [0.5, 0.6) is 0 Å². The van der Waals surface area contributed by atoms with E-state index in [0.717, 1.165) is 0 Å². The van der Waals surface area contributed by atoms with Gasteiger partial charge in [0.1, 0.15) is 0 Å². The van der Waals surface area contributed by atoms with Gasteiger partial charge in [0, 0.05) is 12.4 Å². The maximum atomic E-state index is 10.9. The molecule has 4 heteroatoms. The molecule has 2 rings (SSSR count). The number of ketones is 1. The number of carbonyl (C=O) groups is 2. The van der Waals surface area contributed by atoms with Crippen molar-refractivity contribution in [2.45, 2.75) is 0 Å². The van der Waals surface area contributed by atoms with Crippen LogP contribution in [0.3, 0.4) is 0 Å². The number of amides is 1. The number of hydrogen-bond donors (Lipinski definition) is 1. The van der Waals surface area contributed by atoms with E-state index >= 15 is 0 Å². The number of pyridine rings is 1. The Hall–Kier alpha value is -1.71. The fraction of sp³-hybridized carbons (Fsp3) is 0. The number of rotatable bonds is 0. The zero-order valence-electron chi connectivity index (χ0n) is 5.50. The number of anilines is 1. The first kappa shape index (κ1) is 6.03. The molecule has 0 bridgehead atoms. The van der Waals surface area contributed by atoms with E-state index < -0.39 is 11.7 Å². The predicted octanol–water partition coefficient (Wildman–Crippen LogP) is 0.216. The maximum Gasteiger partial charge on any atom is 0.296 e. The van der Waals surface area contributed by atoms with Crippen molar-refractivity contribution in [3.8, 4) is 0 Å². The molecule has 2 heterocycles. The van der Waals surface area contributed by atoms with E-state index in [1.807, 2.05) is 0 Å². The standard InChI is InChI=1S/C7H4N2O2/c10-6-4-3-8-2-1-5(4)9-7(6)11/h1-3H,(H,9,10,11). The lowest BCUT2D eigenvalue weighted by Gasteiger charge is -1.90. The van der Waals surface area contributed by atoms with Gasteiger partial charge in [-0.1, -0.05) is 0 Å². The molecule has 0 aromatic carbocycles. The number of aromatic nitrogens is 1. The Morgan fingerprint density at radius 3 is 2.91 bits per heavy atom. The van der Waals surface area contributed by atoms with E-state index in [9.17, 15) is 9.59 Å². The van der Waals surface area contributed by atoms with E-state index in [0.29, 0.717) is 11.3 Å². The van der Waals surface area contributed by atoms with E-state index in [-0.39, 0.29) is 0 Å². The van der Waals surface area contributed by atoms with Gasteiger partial charge in [0.25, 0.3) is 11.7 Å². The number of Topliss-reactive ketones (excluding diaryl/α,β-unsaturated/α-hetero) is 1. The smallest absolute Gasteiger partial charge is 0.296 e. The highest BCUT2D eigenvalue weighted by Crippen LogP contribution is 2.19. The lowest BCUT2D eigenvalue weighted by atomic mass is 10.2. The van der Waals surface area contributed by atoms with Crippen LogP contribution in [0.1, 0.15) is 10.4 Å². The monoisotopic (exact) mass is 148 g/mol. The van der Waals surface area contributed by atoms with Gasteiger partial charge < -0.3 is 5.32 Å². The third-order valence-corrected chi connectivity index (χ3v) is 1.52. The molecule has 0 saturated carbocycles. The molecule has 0 fully saturated rings. The molecule has 0 unspecified atom stereocenters. The summed E-state index contributed by atoms with van der Waals surface area (Å²) in [5.41, 5.74) is 0.910. The van der Waals surface area contributed by atoms with Gasteiger partial charge in [-0.3, -0.25) is 14.6 Å². The highest BCUT2D eigenvalue weighted by Gasteiger charge is 2.27. The van der Waals surface area contributed by atoms with E-state index in [4.69, 9.17) is 0 Å². The molecule has 4 nitrogen and oxygen atoms in total. The summed E-state index contributed by atoms with van der Waals surface area (Å²) in [4.78, 5) is 25.4. The average molecular weight is 148 g/mol. The topological polar surface area (TPSA) is 59.1 Å². The third-order valence-electron chi connectivity index (χ3n) is 1.52. The van der Waals surface area contributed by atoms with Gasteiger partial charge in [-0.25, -0.2) is 0 Å². The summed E-state index contributed by atoms with van der Waals surface area (Å²) in [6.45, 7) is 0. The molecule has 1 aliphatic rings. The van der Waals surface area contributed by atoms with Crippen LogP contribution < -0.4 is 5.32 Å². The molecule has 1 N–H and O–H groups in total. The maximum absolute atomic E-state index is 10.9. The third kappa shape index (κ3) is 0.724. The lowest BCUT2D eigenvalue weighted by molar-refractivity contribution is -0.112. The van der Waals surface area contributed by atoms with Gasteiger partial charge in [-0.05, 0) is 6.07 Å². The van der Waals surface area contributed by atoms with Crippen LogP contribution in [0.2, 0.25) is 0 Å². The number of carbonyl (C=O) groups excluding carboxylic acids is 2. The molecule has 0 radical (unpaired) electrons. The fourth-order valence-corrected chi connectivity index (χ4v) is 0.986. The Balaban J connectivity index is 2.64. The summed E-state index contributed by atoms with van der Waals surface area (Å²) in [6.07, 6.45) is 2.91. The predicted molar refractivity (Wildman–Crippen MR) is 37.2 cm³/mol. The van der Waals surface area contributed by atoms with Gasteiger partial charge in [-0.2, -0.15) is 0 Å². The SMILES string of the molecule is O=C1Nc2ccncc2C1=O. The van der Waals surface area contributed by atoms with E-state index in [1.165, 1.54) is 12.4 Å². The van der Waals surface area contributed by atoms with Crippen molar-refractivity contribution in [2.24, 2.45) is 0 Å². The molecule has 1 amide bonds. The number of nitrogens with one attached hydrogen (secondary N) is 1. The lowest BCUT2D eigenvalue weighted by Crippen LogP contribution is -2.12. The van der Waals surface area contributed by atoms with Crippen molar-refractivity contribution in [3.63, 3.8) is 0 Å². The summed E-state index contributed by atoms with van der Waals surface area (Å²) in [5.74, 6) is -1.08. The second-order valence-electron chi connectivity index (χ2n) is 2.20. The van der Waals surface area contributed by atoms with Crippen molar-refractivity contribution in [1.29, 1.82) is 0 Å². The molecular formula is C7H4N2O2. The Bertz CT molecular complexity index is 346. The number of fused-ring (bicyclic) bond motifs is 1. The first-order valence-corrected chi connectivity index (χ1v) is 3.09. The average Bonchev–Trinajstić information content (AvgIpc) is 2.30. The van der Waals surface area contributed by atoms with Crippen LogP contribution in [-0.4, -0.2) is 16.7 Å². The number of hydrogen-bond acceptors (Lipinski definition) is 3. The zero-order valence-corrected chi connectivity index (χ0v) is 5.50. The molecule has 1 aromatic rings. The van der Waals surface area contributed by atoms with Gasteiger partial charge in [0.2, 0.25) is 0 Å². The quantitative estimate of drug-likeness (QED) is 0.535. The van der Waals surface area contributed by atoms with Crippen LogP contribution in [0.25, 0.3) is 0 Å². The second-order valence-corrected chi connectivity index (χ2v) is 2.20. The molecule has 0 aliphatic carbocycles. The Morgan fingerprint density at radius 1 is 1.36 bits per heavy atom. The normalized spacial score (nSPS) is 14.5. The van der Waals surface area contributed by atoms with Crippen molar-refractivity contribution in [3.05, 3.63) is 24.0 Å². The summed E-state index contributed by atoms with van der Waals surface area (Å²) >= 11 is 0. The van der Waals surface area contributed by atoms with Crippen LogP contribution in [-0.2, 0) is 4.79 Å². The van der Waals surface area contributed by atoms with Crippen molar-refractivity contribution < 1.29 is 9.59 Å². The highest BCUT2D eigenvalue weighted by molar-refractivity contribution is 6.51. The molecule has 1 aliphatic heterocycles. The molecule has 0 spiro atoms. The molecule has 0 saturated heterocycles. The minimum absolute atomic E-state index is 0.359. The summed E-state index contributed by atoms with van der Waals surface area (Å²) < 4.78 is 0.